The first-order valence-corrected chi connectivity index (χ1v) is 9.74. The minimum atomic E-state index is -0.507. The van der Waals surface area contributed by atoms with Gasteiger partial charge in [-0.3, -0.25) is 4.79 Å². The minimum Gasteiger partial charge on any atom is -0.462 e. The van der Waals surface area contributed by atoms with Crippen LogP contribution in [-0.4, -0.2) is 47.8 Å². The number of rotatable bonds is 5. The van der Waals surface area contributed by atoms with Gasteiger partial charge in [0.25, 0.3) is 5.91 Å². The van der Waals surface area contributed by atoms with E-state index in [9.17, 15) is 14.4 Å². The molecule has 0 spiro atoms. The Morgan fingerprint density at radius 3 is 2.68 bits per heavy atom. The summed E-state index contributed by atoms with van der Waals surface area (Å²) in [7, 11) is 0. The quantitative estimate of drug-likeness (QED) is 0.759. The van der Waals surface area contributed by atoms with Crippen LogP contribution in [0.15, 0.2) is 10.6 Å². The minimum absolute atomic E-state index is 0.0480. The van der Waals surface area contributed by atoms with Gasteiger partial charge in [0.1, 0.15) is 5.00 Å². The first-order chi connectivity index (χ1) is 13.4. The van der Waals surface area contributed by atoms with Crippen LogP contribution in [-0.2, 0) is 22.4 Å². The van der Waals surface area contributed by atoms with Gasteiger partial charge in [0.2, 0.25) is 5.76 Å². The molecule has 0 saturated heterocycles. The summed E-state index contributed by atoms with van der Waals surface area (Å²) in [5, 5.41) is 6.78. The van der Waals surface area contributed by atoms with Crippen LogP contribution >= 0.6 is 11.3 Å². The molecule has 1 N–H and O–H groups in total. The topological polar surface area (TPSA) is 111 Å². The Balaban J connectivity index is 1.90. The monoisotopic (exact) mass is 407 g/mol. The molecule has 150 valence electrons. The molecular formula is C18H21N3O6S. The van der Waals surface area contributed by atoms with Gasteiger partial charge in [0.15, 0.2) is 0 Å². The maximum Gasteiger partial charge on any atom is 0.410 e. The number of amides is 2. The molecule has 0 aliphatic carbocycles. The van der Waals surface area contributed by atoms with E-state index in [-0.39, 0.29) is 12.4 Å². The average Bonchev–Trinajstić information content (AvgIpc) is 3.24. The van der Waals surface area contributed by atoms with E-state index in [1.54, 1.807) is 25.7 Å². The van der Waals surface area contributed by atoms with Crippen molar-refractivity contribution >= 4 is 34.3 Å². The fraction of sp³-hybridized carbons (Fsp3) is 0.444. The molecule has 9 nitrogen and oxygen atoms in total. The van der Waals surface area contributed by atoms with Crippen LogP contribution in [0.25, 0.3) is 0 Å². The molecule has 0 aromatic carbocycles. The van der Waals surface area contributed by atoms with Gasteiger partial charge in [-0.2, -0.15) is 0 Å². The van der Waals surface area contributed by atoms with Crippen molar-refractivity contribution in [1.29, 1.82) is 0 Å². The molecule has 2 aromatic heterocycles. The number of thiophene rings is 1. The van der Waals surface area contributed by atoms with Crippen molar-refractivity contribution in [2.75, 3.05) is 25.1 Å². The Kier molecular flexibility index (Phi) is 5.98. The molecule has 1 aliphatic rings. The Morgan fingerprint density at radius 2 is 2.04 bits per heavy atom. The summed E-state index contributed by atoms with van der Waals surface area (Å²) in [5.41, 5.74) is 1.69. The number of anilines is 1. The first kappa shape index (κ1) is 19.9. The summed E-state index contributed by atoms with van der Waals surface area (Å²) in [5.74, 6) is -0.965. The Hall–Kier alpha value is -2.88. The van der Waals surface area contributed by atoms with Crippen molar-refractivity contribution in [3.8, 4) is 0 Å². The molecule has 0 fully saturated rings. The zero-order chi connectivity index (χ0) is 20.3. The van der Waals surface area contributed by atoms with Gasteiger partial charge in [-0.25, -0.2) is 9.59 Å². The Bertz CT molecular complexity index is 903. The van der Waals surface area contributed by atoms with Crippen molar-refractivity contribution in [3.63, 3.8) is 0 Å². The number of hydrogen-bond acceptors (Lipinski definition) is 8. The Labute approximate surface area is 165 Å². The lowest BCUT2D eigenvalue weighted by atomic mass is 10.0. The van der Waals surface area contributed by atoms with E-state index in [1.165, 1.54) is 17.4 Å². The number of esters is 1. The fourth-order valence-corrected chi connectivity index (χ4v) is 4.16. The van der Waals surface area contributed by atoms with E-state index >= 15 is 0 Å². The third-order valence-electron chi connectivity index (χ3n) is 4.14. The van der Waals surface area contributed by atoms with E-state index in [0.717, 1.165) is 10.4 Å². The highest BCUT2D eigenvalue weighted by molar-refractivity contribution is 7.17. The van der Waals surface area contributed by atoms with E-state index in [0.29, 0.717) is 42.4 Å². The largest absolute Gasteiger partial charge is 0.462 e. The summed E-state index contributed by atoms with van der Waals surface area (Å²) in [6.07, 6.45) is 0.0674. The average molecular weight is 407 g/mol. The van der Waals surface area contributed by atoms with Crippen molar-refractivity contribution in [2.24, 2.45) is 0 Å². The highest BCUT2D eigenvalue weighted by Crippen LogP contribution is 2.38. The van der Waals surface area contributed by atoms with Crippen LogP contribution in [0.3, 0.4) is 0 Å². The van der Waals surface area contributed by atoms with Crippen LogP contribution in [0, 0.1) is 6.92 Å². The SMILES string of the molecule is CCOC(=O)c1c(NC(=O)c2cc(C)no2)sc2c1CCN(C(=O)OCC)C2. The highest BCUT2D eigenvalue weighted by Gasteiger charge is 2.31. The number of nitrogens with one attached hydrogen (secondary N) is 1. The number of ether oxygens (including phenoxy) is 2. The highest BCUT2D eigenvalue weighted by atomic mass is 32.1. The van der Waals surface area contributed by atoms with Gasteiger partial charge in [-0.1, -0.05) is 5.16 Å². The van der Waals surface area contributed by atoms with Crippen LogP contribution in [0.5, 0.6) is 0 Å². The summed E-state index contributed by atoms with van der Waals surface area (Å²) >= 11 is 1.24. The number of carbonyl (C=O) groups excluding carboxylic acids is 3. The third-order valence-corrected chi connectivity index (χ3v) is 5.27. The fourth-order valence-electron chi connectivity index (χ4n) is 2.92. The van der Waals surface area contributed by atoms with Crippen molar-refractivity contribution in [1.82, 2.24) is 10.1 Å². The summed E-state index contributed by atoms with van der Waals surface area (Å²) in [4.78, 5) is 39.4. The molecule has 0 bridgehead atoms. The number of nitrogens with zero attached hydrogens (tertiary/aromatic N) is 2. The normalized spacial score (nSPS) is 13.0. The van der Waals surface area contributed by atoms with Crippen LogP contribution < -0.4 is 5.32 Å². The van der Waals surface area contributed by atoms with Gasteiger partial charge in [0, 0.05) is 17.5 Å². The molecule has 0 saturated carbocycles. The van der Waals surface area contributed by atoms with Crippen LogP contribution in [0.4, 0.5) is 9.80 Å². The zero-order valence-electron chi connectivity index (χ0n) is 15.9. The molecule has 0 radical (unpaired) electrons. The summed E-state index contributed by atoms with van der Waals surface area (Å²) < 4.78 is 15.2. The summed E-state index contributed by atoms with van der Waals surface area (Å²) in [6.45, 7) is 6.40. The molecule has 28 heavy (non-hydrogen) atoms. The second-order valence-corrected chi connectivity index (χ2v) is 7.19. The number of carbonyl (C=O) groups is 3. The maximum atomic E-state index is 12.5. The number of aromatic nitrogens is 1. The van der Waals surface area contributed by atoms with E-state index in [1.807, 2.05) is 0 Å². The van der Waals surface area contributed by atoms with Crippen LogP contribution in [0.1, 0.15) is 50.9 Å². The molecule has 2 aromatic rings. The molecule has 3 heterocycles. The van der Waals surface area contributed by atoms with Gasteiger partial charge in [-0.15, -0.1) is 11.3 Å². The number of aryl methyl sites for hydroxylation is 1. The predicted molar refractivity (Wildman–Crippen MR) is 101 cm³/mol. The van der Waals surface area contributed by atoms with Crippen LogP contribution in [0.2, 0.25) is 0 Å². The maximum absolute atomic E-state index is 12.5. The molecular weight excluding hydrogens is 386 g/mol. The molecule has 10 heteroatoms. The summed E-state index contributed by atoms with van der Waals surface area (Å²) in [6, 6.07) is 1.51. The lowest BCUT2D eigenvalue weighted by Gasteiger charge is -2.26. The van der Waals surface area contributed by atoms with E-state index in [4.69, 9.17) is 14.0 Å². The van der Waals surface area contributed by atoms with Gasteiger partial charge in [0.05, 0.1) is 31.0 Å². The molecule has 3 rings (SSSR count). The standard InChI is InChI=1S/C18H21N3O6S/c1-4-25-17(23)14-11-6-7-21(18(24)26-5-2)9-13(11)28-16(14)19-15(22)12-8-10(3)20-27-12/h8H,4-7,9H2,1-3H3,(H,19,22). The molecule has 0 atom stereocenters. The lowest BCUT2D eigenvalue weighted by molar-refractivity contribution is 0.0526. The zero-order valence-corrected chi connectivity index (χ0v) is 16.7. The lowest BCUT2D eigenvalue weighted by Crippen LogP contribution is -2.36. The van der Waals surface area contributed by atoms with Gasteiger partial charge >= 0.3 is 12.1 Å². The van der Waals surface area contributed by atoms with Crippen molar-refractivity contribution in [3.05, 3.63) is 33.5 Å². The van der Waals surface area contributed by atoms with Gasteiger partial charge in [-0.05, 0) is 32.8 Å². The molecule has 1 aliphatic heterocycles. The second-order valence-electron chi connectivity index (χ2n) is 6.09. The van der Waals surface area contributed by atoms with Crippen molar-refractivity contribution < 1.29 is 28.4 Å². The third kappa shape index (κ3) is 4.01. The smallest absolute Gasteiger partial charge is 0.410 e. The van der Waals surface area contributed by atoms with E-state index < -0.39 is 18.0 Å². The Morgan fingerprint density at radius 1 is 1.29 bits per heavy atom. The van der Waals surface area contributed by atoms with Gasteiger partial charge < -0.3 is 24.2 Å². The van der Waals surface area contributed by atoms with E-state index in [2.05, 4.69) is 10.5 Å². The molecule has 2 amide bonds. The predicted octanol–water partition coefficient (Wildman–Crippen LogP) is 2.99. The molecule has 0 unspecified atom stereocenters. The number of fused-ring (bicyclic) bond motifs is 1. The second kappa shape index (κ2) is 8.42. The number of hydrogen-bond donors (Lipinski definition) is 1. The first-order valence-electron chi connectivity index (χ1n) is 8.92. The van der Waals surface area contributed by atoms with Crippen molar-refractivity contribution in [2.45, 2.75) is 33.7 Å².